The third-order valence-electron chi connectivity index (χ3n) is 2.16. The topological polar surface area (TPSA) is 29.5 Å². The van der Waals surface area contributed by atoms with Crippen LogP contribution in [0.4, 0.5) is 0 Å². The highest BCUT2D eigenvalue weighted by Gasteiger charge is 2.21. The monoisotopic (exact) mass is 207 g/mol. The van der Waals surface area contributed by atoms with E-state index in [1.54, 1.807) is 18.0 Å². The maximum atomic E-state index is 11.4. The molecule has 82 valence electrons. The molecular formula is C12H17NO2. The second-order valence-electron chi connectivity index (χ2n) is 3.80. The van der Waals surface area contributed by atoms with E-state index in [-0.39, 0.29) is 12.5 Å². The molecule has 0 saturated carbocycles. The molecule has 0 aliphatic carbocycles. The minimum atomic E-state index is -0.0380. The lowest BCUT2D eigenvalue weighted by atomic mass is 10.1. The van der Waals surface area contributed by atoms with Gasteiger partial charge in [0.15, 0.2) is 6.61 Å². The Hall–Kier alpha value is -1.51. The van der Waals surface area contributed by atoms with Crippen LogP contribution in [-0.4, -0.2) is 24.5 Å². The van der Waals surface area contributed by atoms with Crippen LogP contribution in [-0.2, 0) is 9.53 Å². The molecule has 0 aromatic carbocycles. The average Bonchev–Trinajstić information content (AvgIpc) is 2.20. The van der Waals surface area contributed by atoms with Crippen molar-refractivity contribution in [1.82, 2.24) is 4.90 Å². The quantitative estimate of drug-likeness (QED) is 0.709. The Kier molecular flexibility index (Phi) is 3.72. The van der Waals surface area contributed by atoms with Crippen molar-refractivity contribution in [2.75, 3.05) is 13.7 Å². The van der Waals surface area contributed by atoms with Gasteiger partial charge in [0, 0.05) is 7.05 Å². The van der Waals surface area contributed by atoms with E-state index >= 15 is 0 Å². The minimum absolute atomic E-state index is 0.0380. The molecule has 3 nitrogen and oxygen atoms in total. The van der Waals surface area contributed by atoms with Gasteiger partial charge in [-0.25, -0.2) is 0 Å². The average molecular weight is 207 g/mol. The third kappa shape index (κ3) is 2.72. The van der Waals surface area contributed by atoms with Gasteiger partial charge in [0.1, 0.15) is 5.76 Å². The molecular weight excluding hydrogens is 190 g/mol. The molecule has 0 fully saturated rings. The fraction of sp³-hybridized carbons (Fsp3) is 0.417. The van der Waals surface area contributed by atoms with Crippen molar-refractivity contribution in [3.8, 4) is 0 Å². The van der Waals surface area contributed by atoms with Crippen molar-refractivity contribution in [2.24, 2.45) is 5.92 Å². The molecule has 1 aliphatic heterocycles. The predicted octanol–water partition coefficient (Wildman–Crippen LogP) is 2.08. The van der Waals surface area contributed by atoms with Crippen molar-refractivity contribution in [3.63, 3.8) is 0 Å². The molecule has 1 heterocycles. The van der Waals surface area contributed by atoms with Gasteiger partial charge in [-0.1, -0.05) is 26.5 Å². The Bertz CT molecular complexity index is 327. The summed E-state index contributed by atoms with van der Waals surface area (Å²) in [6.07, 6.45) is 5.55. The van der Waals surface area contributed by atoms with E-state index in [0.717, 1.165) is 5.70 Å². The van der Waals surface area contributed by atoms with Gasteiger partial charge in [0.2, 0.25) is 0 Å². The van der Waals surface area contributed by atoms with E-state index in [4.69, 9.17) is 4.74 Å². The predicted molar refractivity (Wildman–Crippen MR) is 59.9 cm³/mol. The van der Waals surface area contributed by atoms with Gasteiger partial charge in [-0.05, 0) is 18.1 Å². The van der Waals surface area contributed by atoms with E-state index in [1.165, 1.54) is 0 Å². The highest BCUT2D eigenvalue weighted by molar-refractivity contribution is 5.81. The van der Waals surface area contributed by atoms with Crippen LogP contribution < -0.4 is 0 Å². The van der Waals surface area contributed by atoms with Gasteiger partial charge in [-0.15, -0.1) is 0 Å². The fourth-order valence-corrected chi connectivity index (χ4v) is 1.25. The number of allylic oxidation sites excluding steroid dienone is 3. The number of carbonyl (C=O) groups is 1. The highest BCUT2D eigenvalue weighted by atomic mass is 16.5. The van der Waals surface area contributed by atoms with Crippen molar-refractivity contribution in [3.05, 3.63) is 36.3 Å². The van der Waals surface area contributed by atoms with E-state index in [2.05, 4.69) is 20.4 Å². The SMILES string of the molecule is C=CC1=C(/C=C\C(C)C)N(C)C(=O)CO1. The number of carbonyl (C=O) groups excluding carboxylic acids is 1. The normalized spacial score (nSPS) is 17.6. The van der Waals surface area contributed by atoms with E-state index in [9.17, 15) is 4.79 Å². The number of rotatable bonds is 3. The van der Waals surface area contributed by atoms with E-state index in [0.29, 0.717) is 11.7 Å². The summed E-state index contributed by atoms with van der Waals surface area (Å²) in [7, 11) is 1.74. The number of likely N-dealkylation sites (N-methyl/N-ethyl adjacent to an activating group) is 1. The summed E-state index contributed by atoms with van der Waals surface area (Å²) >= 11 is 0. The molecule has 1 amide bonds. The first kappa shape index (κ1) is 11.6. The highest BCUT2D eigenvalue weighted by Crippen LogP contribution is 2.19. The second-order valence-corrected chi connectivity index (χ2v) is 3.80. The molecule has 1 rings (SSSR count). The molecule has 0 spiro atoms. The number of hydrogen-bond acceptors (Lipinski definition) is 2. The zero-order valence-corrected chi connectivity index (χ0v) is 9.49. The maximum absolute atomic E-state index is 11.4. The first-order valence-electron chi connectivity index (χ1n) is 5.00. The summed E-state index contributed by atoms with van der Waals surface area (Å²) in [6.45, 7) is 7.92. The molecule has 0 radical (unpaired) electrons. The van der Waals surface area contributed by atoms with Gasteiger partial charge in [-0.3, -0.25) is 4.79 Å². The molecule has 0 N–H and O–H groups in total. The van der Waals surface area contributed by atoms with Crippen LogP contribution in [0.5, 0.6) is 0 Å². The van der Waals surface area contributed by atoms with Gasteiger partial charge >= 0.3 is 0 Å². The molecule has 3 heteroatoms. The summed E-state index contributed by atoms with van der Waals surface area (Å²) in [6, 6.07) is 0. The summed E-state index contributed by atoms with van der Waals surface area (Å²) < 4.78 is 5.27. The molecule has 0 saturated heterocycles. The standard InChI is InChI=1S/C12H17NO2/c1-5-11-10(7-6-9(2)3)13(4)12(14)8-15-11/h5-7,9H,1,8H2,2-4H3/b7-6-. The number of ether oxygens (including phenoxy) is 1. The fourth-order valence-electron chi connectivity index (χ4n) is 1.25. The van der Waals surface area contributed by atoms with Gasteiger partial charge in [0.05, 0.1) is 5.70 Å². The van der Waals surface area contributed by atoms with Crippen LogP contribution in [0.25, 0.3) is 0 Å². The molecule has 0 atom stereocenters. The summed E-state index contributed by atoms with van der Waals surface area (Å²) in [5.41, 5.74) is 0.773. The van der Waals surface area contributed by atoms with Crippen molar-refractivity contribution in [2.45, 2.75) is 13.8 Å². The van der Waals surface area contributed by atoms with Crippen LogP contribution >= 0.6 is 0 Å². The molecule has 0 aromatic heterocycles. The van der Waals surface area contributed by atoms with Crippen LogP contribution in [0.1, 0.15) is 13.8 Å². The minimum Gasteiger partial charge on any atom is -0.482 e. The zero-order valence-electron chi connectivity index (χ0n) is 9.49. The van der Waals surface area contributed by atoms with Crippen LogP contribution in [0.15, 0.2) is 36.3 Å². The van der Waals surface area contributed by atoms with Crippen molar-refractivity contribution in [1.29, 1.82) is 0 Å². The molecule has 0 bridgehead atoms. The summed E-state index contributed by atoms with van der Waals surface area (Å²) in [5.74, 6) is 1.06. The van der Waals surface area contributed by atoms with Crippen LogP contribution in [0.2, 0.25) is 0 Å². The Morgan fingerprint density at radius 2 is 2.20 bits per heavy atom. The number of hydrogen-bond donors (Lipinski definition) is 0. The van der Waals surface area contributed by atoms with Crippen LogP contribution in [0.3, 0.4) is 0 Å². The molecule has 15 heavy (non-hydrogen) atoms. The summed E-state index contributed by atoms with van der Waals surface area (Å²) in [5, 5.41) is 0. The number of nitrogens with zero attached hydrogens (tertiary/aromatic N) is 1. The van der Waals surface area contributed by atoms with Gasteiger partial charge in [0.25, 0.3) is 5.91 Å². The summed E-state index contributed by atoms with van der Waals surface area (Å²) in [4.78, 5) is 13.0. The Morgan fingerprint density at radius 1 is 1.53 bits per heavy atom. The smallest absolute Gasteiger partial charge is 0.264 e. The molecule has 1 aliphatic rings. The van der Waals surface area contributed by atoms with Gasteiger partial charge in [-0.2, -0.15) is 0 Å². The largest absolute Gasteiger partial charge is 0.482 e. The second kappa shape index (κ2) is 4.82. The lowest BCUT2D eigenvalue weighted by Gasteiger charge is -2.26. The lowest BCUT2D eigenvalue weighted by Crippen LogP contribution is -2.34. The molecule has 0 unspecified atom stereocenters. The lowest BCUT2D eigenvalue weighted by molar-refractivity contribution is -0.133. The Balaban J connectivity index is 3.00. The van der Waals surface area contributed by atoms with Crippen molar-refractivity contribution < 1.29 is 9.53 Å². The zero-order chi connectivity index (χ0) is 11.4. The van der Waals surface area contributed by atoms with E-state index < -0.39 is 0 Å². The van der Waals surface area contributed by atoms with E-state index in [1.807, 2.05) is 12.2 Å². The van der Waals surface area contributed by atoms with Gasteiger partial charge < -0.3 is 9.64 Å². The molecule has 0 aromatic rings. The maximum Gasteiger partial charge on any atom is 0.264 e. The third-order valence-corrected chi connectivity index (χ3v) is 2.16. The van der Waals surface area contributed by atoms with Crippen LogP contribution in [0, 0.1) is 5.92 Å². The first-order valence-corrected chi connectivity index (χ1v) is 5.00. The first-order chi connectivity index (χ1) is 7.06. The van der Waals surface area contributed by atoms with Crippen molar-refractivity contribution >= 4 is 5.91 Å². The Morgan fingerprint density at radius 3 is 2.73 bits per heavy atom. The number of amides is 1. The Labute approximate surface area is 90.7 Å².